The van der Waals surface area contributed by atoms with Gasteiger partial charge in [-0.1, -0.05) is 19.8 Å². The molecule has 0 saturated carbocycles. The second-order valence-electron chi connectivity index (χ2n) is 5.34. The molecule has 0 bridgehead atoms. The van der Waals surface area contributed by atoms with E-state index < -0.39 is 0 Å². The molecular weight excluding hydrogens is 252 g/mol. The van der Waals surface area contributed by atoms with Gasteiger partial charge in [0.25, 0.3) is 0 Å². The van der Waals surface area contributed by atoms with Crippen LogP contribution in [0.4, 0.5) is 5.69 Å². The zero-order chi connectivity index (χ0) is 14.4. The third-order valence-corrected chi connectivity index (χ3v) is 3.84. The first-order valence-corrected chi connectivity index (χ1v) is 7.52. The summed E-state index contributed by atoms with van der Waals surface area (Å²) < 4.78 is 0. The second kappa shape index (κ2) is 7.17. The van der Waals surface area contributed by atoms with Crippen molar-refractivity contribution in [2.45, 2.75) is 32.6 Å². The molecule has 1 amide bonds. The first kappa shape index (κ1) is 14.7. The predicted octanol–water partition coefficient (Wildman–Crippen LogP) is 2.62. The Morgan fingerprint density at radius 3 is 2.35 bits per heavy atom. The van der Waals surface area contributed by atoms with Crippen LogP contribution in [-0.4, -0.2) is 42.1 Å². The Morgan fingerprint density at radius 2 is 1.75 bits per heavy atom. The quantitative estimate of drug-likeness (QED) is 0.841. The standard InChI is InChI=1S/C16H24N2O2/c1-2-3-4-5-16(20)18-12-10-17(11-13-18)14-6-8-15(19)9-7-14/h6-9,19H,2-5,10-13H2,1H3. The van der Waals surface area contributed by atoms with Crippen molar-refractivity contribution in [2.24, 2.45) is 0 Å². The van der Waals surface area contributed by atoms with Gasteiger partial charge in [-0.15, -0.1) is 0 Å². The highest BCUT2D eigenvalue weighted by Crippen LogP contribution is 2.20. The highest BCUT2D eigenvalue weighted by atomic mass is 16.3. The van der Waals surface area contributed by atoms with Crippen LogP contribution in [0.3, 0.4) is 0 Å². The van der Waals surface area contributed by atoms with Crippen molar-refractivity contribution >= 4 is 11.6 Å². The fourth-order valence-corrected chi connectivity index (χ4v) is 2.56. The average Bonchev–Trinajstić information content (AvgIpc) is 2.48. The van der Waals surface area contributed by atoms with E-state index in [0.29, 0.717) is 18.1 Å². The van der Waals surface area contributed by atoms with Gasteiger partial charge in [-0.2, -0.15) is 0 Å². The molecule has 1 N–H and O–H groups in total. The fourth-order valence-electron chi connectivity index (χ4n) is 2.56. The number of benzene rings is 1. The van der Waals surface area contributed by atoms with Crippen molar-refractivity contribution in [2.75, 3.05) is 31.1 Å². The number of carbonyl (C=O) groups excluding carboxylic acids is 1. The summed E-state index contributed by atoms with van der Waals surface area (Å²) in [4.78, 5) is 16.3. The summed E-state index contributed by atoms with van der Waals surface area (Å²) in [6, 6.07) is 7.26. The van der Waals surface area contributed by atoms with Gasteiger partial charge < -0.3 is 14.9 Å². The molecular formula is C16H24N2O2. The molecule has 1 aromatic rings. The van der Waals surface area contributed by atoms with Crippen molar-refractivity contribution in [1.82, 2.24) is 4.90 Å². The van der Waals surface area contributed by atoms with Crippen molar-refractivity contribution in [3.63, 3.8) is 0 Å². The second-order valence-corrected chi connectivity index (χ2v) is 5.34. The number of hydrogen-bond donors (Lipinski definition) is 1. The Balaban J connectivity index is 1.80. The summed E-state index contributed by atoms with van der Waals surface area (Å²) in [5.74, 6) is 0.585. The van der Waals surface area contributed by atoms with Crippen LogP contribution < -0.4 is 4.90 Å². The molecule has 20 heavy (non-hydrogen) atoms. The van der Waals surface area contributed by atoms with Crippen LogP contribution in [0.5, 0.6) is 5.75 Å². The van der Waals surface area contributed by atoms with Gasteiger partial charge in [-0.25, -0.2) is 0 Å². The number of piperazine rings is 1. The van der Waals surface area contributed by atoms with Gasteiger partial charge in [0.05, 0.1) is 0 Å². The van der Waals surface area contributed by atoms with Gasteiger partial charge in [0.1, 0.15) is 5.75 Å². The molecule has 110 valence electrons. The maximum absolute atomic E-state index is 12.0. The molecule has 1 aliphatic heterocycles. The van der Waals surface area contributed by atoms with Crippen LogP contribution in [0.25, 0.3) is 0 Å². The molecule has 0 aliphatic carbocycles. The maximum Gasteiger partial charge on any atom is 0.222 e. The van der Waals surface area contributed by atoms with E-state index in [1.54, 1.807) is 12.1 Å². The van der Waals surface area contributed by atoms with Gasteiger partial charge in [-0.05, 0) is 30.7 Å². The molecule has 1 aromatic carbocycles. The van der Waals surface area contributed by atoms with Gasteiger partial charge in [-0.3, -0.25) is 4.79 Å². The Morgan fingerprint density at radius 1 is 1.10 bits per heavy atom. The first-order chi connectivity index (χ1) is 9.70. The molecule has 2 rings (SSSR count). The van der Waals surface area contributed by atoms with Crippen molar-refractivity contribution < 1.29 is 9.90 Å². The molecule has 0 spiro atoms. The van der Waals surface area contributed by atoms with Crippen LogP contribution >= 0.6 is 0 Å². The number of aromatic hydroxyl groups is 1. The third kappa shape index (κ3) is 3.89. The summed E-state index contributed by atoms with van der Waals surface area (Å²) in [7, 11) is 0. The van der Waals surface area contributed by atoms with Gasteiger partial charge in [0.15, 0.2) is 0 Å². The Hall–Kier alpha value is -1.71. The lowest BCUT2D eigenvalue weighted by atomic mass is 10.1. The summed E-state index contributed by atoms with van der Waals surface area (Å²) in [6.45, 7) is 5.48. The number of anilines is 1. The number of amides is 1. The van der Waals surface area contributed by atoms with Crippen LogP contribution in [0.15, 0.2) is 24.3 Å². The van der Waals surface area contributed by atoms with E-state index in [4.69, 9.17) is 0 Å². The number of unbranched alkanes of at least 4 members (excludes halogenated alkanes) is 2. The van der Waals surface area contributed by atoms with Gasteiger partial charge >= 0.3 is 0 Å². The molecule has 4 nitrogen and oxygen atoms in total. The molecule has 4 heteroatoms. The number of carbonyl (C=O) groups is 1. The van der Waals surface area contributed by atoms with E-state index in [1.165, 1.54) is 0 Å². The largest absolute Gasteiger partial charge is 0.508 e. The smallest absolute Gasteiger partial charge is 0.222 e. The Bertz CT molecular complexity index is 423. The minimum Gasteiger partial charge on any atom is -0.508 e. The topological polar surface area (TPSA) is 43.8 Å². The monoisotopic (exact) mass is 276 g/mol. The lowest BCUT2D eigenvalue weighted by molar-refractivity contribution is -0.131. The SMILES string of the molecule is CCCCCC(=O)N1CCN(c2ccc(O)cc2)CC1. The third-order valence-electron chi connectivity index (χ3n) is 3.84. The fraction of sp³-hybridized carbons (Fsp3) is 0.562. The molecule has 1 saturated heterocycles. The van der Waals surface area contributed by atoms with E-state index in [9.17, 15) is 9.90 Å². The Kier molecular flexibility index (Phi) is 5.27. The van der Waals surface area contributed by atoms with Crippen molar-refractivity contribution in [3.05, 3.63) is 24.3 Å². The summed E-state index contributed by atoms with van der Waals surface area (Å²) in [5.41, 5.74) is 1.11. The number of phenols is 1. The average molecular weight is 276 g/mol. The van der Waals surface area contributed by atoms with E-state index >= 15 is 0 Å². The van der Waals surface area contributed by atoms with Gasteiger partial charge in [0.2, 0.25) is 5.91 Å². The lowest BCUT2D eigenvalue weighted by Gasteiger charge is -2.36. The minimum absolute atomic E-state index is 0.290. The molecule has 0 radical (unpaired) electrons. The van der Waals surface area contributed by atoms with E-state index in [2.05, 4.69) is 11.8 Å². The predicted molar refractivity (Wildman–Crippen MR) is 81.0 cm³/mol. The maximum atomic E-state index is 12.0. The normalized spacial score (nSPS) is 15.4. The molecule has 1 fully saturated rings. The summed E-state index contributed by atoms with van der Waals surface area (Å²) >= 11 is 0. The van der Waals surface area contributed by atoms with Crippen LogP contribution in [0, 0.1) is 0 Å². The molecule has 0 aromatic heterocycles. The van der Waals surface area contributed by atoms with Crippen LogP contribution in [0.1, 0.15) is 32.6 Å². The number of hydrogen-bond acceptors (Lipinski definition) is 3. The summed E-state index contributed by atoms with van der Waals surface area (Å²) in [5, 5.41) is 9.30. The van der Waals surface area contributed by atoms with Crippen molar-refractivity contribution in [3.8, 4) is 5.75 Å². The van der Waals surface area contributed by atoms with Crippen molar-refractivity contribution in [1.29, 1.82) is 0 Å². The van der Waals surface area contributed by atoms with Crippen LogP contribution in [-0.2, 0) is 4.79 Å². The minimum atomic E-state index is 0.290. The molecule has 0 atom stereocenters. The number of rotatable bonds is 5. The molecule has 0 unspecified atom stereocenters. The lowest BCUT2D eigenvalue weighted by Crippen LogP contribution is -2.48. The van der Waals surface area contributed by atoms with E-state index in [0.717, 1.165) is 51.1 Å². The molecule has 1 heterocycles. The highest BCUT2D eigenvalue weighted by Gasteiger charge is 2.20. The molecule has 1 aliphatic rings. The van der Waals surface area contributed by atoms with E-state index in [-0.39, 0.29) is 0 Å². The number of phenolic OH excluding ortho intramolecular Hbond substituents is 1. The zero-order valence-corrected chi connectivity index (χ0v) is 12.2. The zero-order valence-electron chi connectivity index (χ0n) is 12.2. The Labute approximate surface area is 121 Å². The number of nitrogens with zero attached hydrogens (tertiary/aromatic N) is 2. The van der Waals surface area contributed by atoms with E-state index in [1.807, 2.05) is 17.0 Å². The highest BCUT2D eigenvalue weighted by molar-refractivity contribution is 5.76. The van der Waals surface area contributed by atoms with Gasteiger partial charge in [0, 0.05) is 38.3 Å². The van der Waals surface area contributed by atoms with Crippen LogP contribution in [0.2, 0.25) is 0 Å². The first-order valence-electron chi connectivity index (χ1n) is 7.52. The summed E-state index contributed by atoms with van der Waals surface area (Å²) in [6.07, 6.45) is 3.99.